The van der Waals surface area contributed by atoms with Crippen molar-refractivity contribution in [3.8, 4) is 17.0 Å². The Morgan fingerprint density at radius 1 is 1.30 bits per heavy atom. The highest BCUT2D eigenvalue weighted by molar-refractivity contribution is 5.63. The van der Waals surface area contributed by atoms with Crippen LogP contribution in [0, 0.1) is 0 Å². The van der Waals surface area contributed by atoms with E-state index in [2.05, 4.69) is 10.1 Å². The van der Waals surface area contributed by atoms with Crippen LogP contribution in [0.25, 0.3) is 16.9 Å². The third kappa shape index (κ3) is 2.48. The lowest BCUT2D eigenvalue weighted by atomic mass is 10.1. The van der Waals surface area contributed by atoms with Crippen LogP contribution in [0.15, 0.2) is 48.8 Å². The smallest absolute Gasteiger partial charge is 0.155 e. The van der Waals surface area contributed by atoms with E-state index in [1.165, 1.54) is 0 Å². The second kappa shape index (κ2) is 5.30. The van der Waals surface area contributed by atoms with Crippen molar-refractivity contribution in [2.75, 3.05) is 6.61 Å². The third-order valence-corrected chi connectivity index (χ3v) is 2.98. The van der Waals surface area contributed by atoms with Gasteiger partial charge in [-0.2, -0.15) is 5.10 Å². The molecule has 20 heavy (non-hydrogen) atoms. The molecule has 5 heteroatoms. The Balaban J connectivity index is 1.94. The molecule has 1 N–H and O–H groups in total. The first-order chi connectivity index (χ1) is 9.76. The summed E-state index contributed by atoms with van der Waals surface area (Å²) in [6, 6.07) is 11.4. The van der Waals surface area contributed by atoms with Gasteiger partial charge in [-0.25, -0.2) is 9.50 Å². The fourth-order valence-corrected chi connectivity index (χ4v) is 1.97. The number of fused-ring (bicyclic) bond motifs is 1. The van der Waals surface area contributed by atoms with E-state index in [1.807, 2.05) is 49.5 Å². The molecule has 0 aliphatic heterocycles. The molecule has 0 radical (unpaired) electrons. The maximum Gasteiger partial charge on any atom is 0.155 e. The lowest BCUT2D eigenvalue weighted by Gasteiger charge is -2.12. The van der Waals surface area contributed by atoms with Crippen LogP contribution in [-0.4, -0.2) is 32.4 Å². The van der Waals surface area contributed by atoms with Gasteiger partial charge in [0.2, 0.25) is 0 Å². The highest BCUT2D eigenvalue weighted by atomic mass is 16.5. The number of hydrogen-bond acceptors (Lipinski definition) is 4. The minimum absolute atomic E-state index is 0.00966. The van der Waals surface area contributed by atoms with E-state index in [1.54, 1.807) is 10.7 Å². The summed E-state index contributed by atoms with van der Waals surface area (Å²) in [6.07, 6.45) is 3.37. The van der Waals surface area contributed by atoms with Gasteiger partial charge in [0.15, 0.2) is 5.65 Å². The summed E-state index contributed by atoms with van der Waals surface area (Å²) < 4.78 is 7.32. The molecule has 2 heterocycles. The van der Waals surface area contributed by atoms with E-state index in [4.69, 9.17) is 9.84 Å². The van der Waals surface area contributed by atoms with Crippen molar-refractivity contribution in [3.63, 3.8) is 0 Å². The Labute approximate surface area is 116 Å². The van der Waals surface area contributed by atoms with Gasteiger partial charge in [-0.1, -0.05) is 12.1 Å². The average molecular weight is 269 g/mol. The molecule has 0 saturated heterocycles. The molecule has 3 rings (SSSR count). The van der Waals surface area contributed by atoms with Crippen molar-refractivity contribution in [2.45, 2.75) is 13.0 Å². The summed E-state index contributed by atoms with van der Waals surface area (Å²) >= 11 is 0. The molecular weight excluding hydrogens is 254 g/mol. The largest absolute Gasteiger partial charge is 0.488 e. The van der Waals surface area contributed by atoms with Crippen molar-refractivity contribution in [1.29, 1.82) is 0 Å². The first-order valence-corrected chi connectivity index (χ1v) is 6.44. The van der Waals surface area contributed by atoms with Gasteiger partial charge >= 0.3 is 0 Å². The van der Waals surface area contributed by atoms with Crippen molar-refractivity contribution in [1.82, 2.24) is 14.6 Å². The number of aliphatic hydroxyl groups is 1. The van der Waals surface area contributed by atoms with Crippen LogP contribution in [-0.2, 0) is 0 Å². The highest BCUT2D eigenvalue weighted by Gasteiger charge is 2.06. The van der Waals surface area contributed by atoms with Crippen molar-refractivity contribution < 1.29 is 9.84 Å². The van der Waals surface area contributed by atoms with E-state index in [9.17, 15) is 0 Å². The molecule has 0 amide bonds. The SMILES string of the molecule is C[C@@H](CO)Oc1cccc(-c2ccn3nccc3n2)c1. The van der Waals surface area contributed by atoms with E-state index >= 15 is 0 Å². The van der Waals surface area contributed by atoms with Crippen molar-refractivity contribution >= 4 is 5.65 Å². The molecule has 0 aliphatic rings. The normalized spacial score (nSPS) is 12.5. The first kappa shape index (κ1) is 12.6. The van der Waals surface area contributed by atoms with Gasteiger partial charge < -0.3 is 9.84 Å². The van der Waals surface area contributed by atoms with Gasteiger partial charge in [-0.15, -0.1) is 0 Å². The third-order valence-electron chi connectivity index (χ3n) is 2.98. The number of hydrogen-bond donors (Lipinski definition) is 1. The zero-order valence-corrected chi connectivity index (χ0v) is 11.1. The zero-order chi connectivity index (χ0) is 13.9. The maximum absolute atomic E-state index is 9.03. The fourth-order valence-electron chi connectivity index (χ4n) is 1.97. The second-order valence-corrected chi connectivity index (χ2v) is 4.59. The molecule has 0 spiro atoms. The first-order valence-electron chi connectivity index (χ1n) is 6.44. The Hall–Kier alpha value is -2.40. The molecule has 0 bridgehead atoms. The Morgan fingerprint density at radius 2 is 2.20 bits per heavy atom. The highest BCUT2D eigenvalue weighted by Crippen LogP contribution is 2.23. The maximum atomic E-state index is 9.03. The van der Waals surface area contributed by atoms with E-state index < -0.39 is 0 Å². The van der Waals surface area contributed by atoms with Gasteiger partial charge in [0, 0.05) is 17.8 Å². The summed E-state index contributed by atoms with van der Waals surface area (Å²) in [7, 11) is 0. The van der Waals surface area contributed by atoms with Gasteiger partial charge in [0.25, 0.3) is 0 Å². The molecule has 0 aliphatic carbocycles. The van der Waals surface area contributed by atoms with Crippen LogP contribution in [0.3, 0.4) is 0 Å². The minimum Gasteiger partial charge on any atom is -0.488 e. The number of nitrogens with zero attached hydrogens (tertiary/aromatic N) is 3. The van der Waals surface area contributed by atoms with E-state index in [0.29, 0.717) is 0 Å². The lowest BCUT2D eigenvalue weighted by molar-refractivity contribution is 0.130. The average Bonchev–Trinajstić information content (AvgIpc) is 2.94. The summed E-state index contributed by atoms with van der Waals surface area (Å²) in [5, 5.41) is 13.2. The topological polar surface area (TPSA) is 59.7 Å². The molecule has 1 atom stereocenters. The van der Waals surface area contributed by atoms with Crippen LogP contribution < -0.4 is 4.74 Å². The van der Waals surface area contributed by atoms with Crippen molar-refractivity contribution in [2.24, 2.45) is 0 Å². The number of aliphatic hydroxyl groups excluding tert-OH is 1. The molecule has 3 aromatic rings. The number of aromatic nitrogens is 3. The van der Waals surface area contributed by atoms with Crippen LogP contribution in [0.2, 0.25) is 0 Å². The molecule has 102 valence electrons. The lowest BCUT2D eigenvalue weighted by Crippen LogP contribution is -2.16. The van der Waals surface area contributed by atoms with Gasteiger partial charge in [0.1, 0.15) is 11.9 Å². The van der Waals surface area contributed by atoms with E-state index in [0.717, 1.165) is 22.7 Å². The molecule has 1 aromatic carbocycles. The quantitative estimate of drug-likeness (QED) is 0.788. The molecule has 0 unspecified atom stereocenters. The molecule has 2 aromatic heterocycles. The van der Waals surface area contributed by atoms with Gasteiger partial charge in [0.05, 0.1) is 18.5 Å². The molecule has 5 nitrogen and oxygen atoms in total. The minimum atomic E-state index is -0.226. The monoisotopic (exact) mass is 269 g/mol. The fraction of sp³-hybridized carbons (Fsp3) is 0.200. The summed E-state index contributed by atoms with van der Waals surface area (Å²) in [5.41, 5.74) is 2.63. The van der Waals surface area contributed by atoms with Crippen LogP contribution in [0.4, 0.5) is 0 Å². The summed E-state index contributed by atoms with van der Waals surface area (Å²) in [4.78, 5) is 4.54. The second-order valence-electron chi connectivity index (χ2n) is 4.59. The van der Waals surface area contributed by atoms with Crippen LogP contribution >= 0.6 is 0 Å². The van der Waals surface area contributed by atoms with Crippen molar-refractivity contribution in [3.05, 3.63) is 48.8 Å². The number of ether oxygens (including phenoxy) is 1. The molecule has 0 fully saturated rings. The molecular formula is C15H15N3O2. The molecule has 0 saturated carbocycles. The summed E-state index contributed by atoms with van der Waals surface area (Å²) in [5.74, 6) is 0.722. The van der Waals surface area contributed by atoms with Gasteiger partial charge in [-0.05, 0) is 25.1 Å². The van der Waals surface area contributed by atoms with E-state index in [-0.39, 0.29) is 12.7 Å². The van der Waals surface area contributed by atoms with Crippen LogP contribution in [0.1, 0.15) is 6.92 Å². The Bertz CT molecular complexity index is 724. The standard InChI is InChI=1S/C15H15N3O2/c1-11(10-19)20-13-4-2-3-12(9-13)14-6-8-18-15(17-14)5-7-16-18/h2-9,11,19H,10H2,1H3/t11-/m0/s1. The predicted octanol–water partition coefficient (Wildman–Crippen LogP) is 2.16. The number of rotatable bonds is 4. The Morgan fingerprint density at radius 3 is 3.05 bits per heavy atom. The van der Waals surface area contributed by atoms with Crippen LogP contribution in [0.5, 0.6) is 5.75 Å². The predicted molar refractivity (Wildman–Crippen MR) is 75.6 cm³/mol. The van der Waals surface area contributed by atoms with Gasteiger partial charge in [-0.3, -0.25) is 0 Å². The number of benzene rings is 1. The zero-order valence-electron chi connectivity index (χ0n) is 11.1. The summed E-state index contributed by atoms with van der Waals surface area (Å²) in [6.45, 7) is 1.81. The Kier molecular flexibility index (Phi) is 3.35.